The number of aromatic nitrogens is 6. The molecule has 1 aliphatic rings. The van der Waals surface area contributed by atoms with Gasteiger partial charge in [-0.2, -0.15) is 5.10 Å². The highest BCUT2D eigenvalue weighted by molar-refractivity contribution is 5.83. The molecule has 0 amide bonds. The number of imidazole rings is 1. The van der Waals surface area contributed by atoms with E-state index in [4.69, 9.17) is 0 Å². The largest absolute Gasteiger partial charge is 0.354 e. The Morgan fingerprint density at radius 2 is 2.14 bits per heavy atom. The fraction of sp³-hybridized carbons (Fsp3) is 0.357. The van der Waals surface area contributed by atoms with Crippen molar-refractivity contribution in [2.24, 2.45) is 5.92 Å². The second kappa shape index (κ2) is 4.90. The first-order valence-corrected chi connectivity index (χ1v) is 7.14. The minimum absolute atomic E-state index is 0.0537. The van der Waals surface area contributed by atoms with Crippen LogP contribution in [0, 0.1) is 12.8 Å². The third-order valence-corrected chi connectivity index (χ3v) is 3.89. The Bertz CT molecular complexity index is 878. The molecule has 112 valence electrons. The van der Waals surface area contributed by atoms with Crippen molar-refractivity contribution < 1.29 is 0 Å². The van der Waals surface area contributed by atoms with Crippen LogP contribution in [0.4, 0.5) is 5.82 Å². The van der Waals surface area contributed by atoms with Crippen molar-refractivity contribution >= 4 is 17.0 Å². The van der Waals surface area contributed by atoms with E-state index < -0.39 is 0 Å². The van der Waals surface area contributed by atoms with E-state index in [0.717, 1.165) is 30.1 Å². The number of aryl methyl sites for hydroxylation is 1. The molecule has 3 aromatic rings. The van der Waals surface area contributed by atoms with E-state index in [1.54, 1.807) is 23.1 Å². The van der Waals surface area contributed by atoms with E-state index in [2.05, 4.69) is 29.9 Å². The summed E-state index contributed by atoms with van der Waals surface area (Å²) in [5.41, 5.74) is 2.32. The molecule has 0 saturated carbocycles. The van der Waals surface area contributed by atoms with Crippen molar-refractivity contribution in [3.05, 3.63) is 40.8 Å². The Balaban J connectivity index is 1.49. The lowest BCUT2D eigenvalue weighted by molar-refractivity contribution is 0.332. The molecule has 1 fully saturated rings. The molecule has 0 radical (unpaired) electrons. The SMILES string of the molecule is Cc1ccc(=O)n(CC2CN(c3ncnc4nc[nH]c34)C2)n1. The van der Waals surface area contributed by atoms with E-state index in [1.807, 2.05) is 6.92 Å². The number of hydrogen-bond donors (Lipinski definition) is 1. The van der Waals surface area contributed by atoms with E-state index >= 15 is 0 Å². The Kier molecular flexibility index (Phi) is 2.88. The van der Waals surface area contributed by atoms with Gasteiger partial charge in [-0.05, 0) is 13.0 Å². The van der Waals surface area contributed by atoms with Gasteiger partial charge in [0.1, 0.15) is 11.8 Å². The molecule has 0 aromatic carbocycles. The van der Waals surface area contributed by atoms with Crippen molar-refractivity contribution in [2.45, 2.75) is 13.5 Å². The fourth-order valence-corrected chi connectivity index (χ4v) is 2.78. The van der Waals surface area contributed by atoms with E-state index in [-0.39, 0.29) is 5.56 Å². The van der Waals surface area contributed by atoms with E-state index in [0.29, 0.717) is 18.1 Å². The maximum Gasteiger partial charge on any atom is 0.266 e. The number of anilines is 1. The average Bonchev–Trinajstić information content (AvgIpc) is 2.94. The minimum atomic E-state index is -0.0537. The molecule has 22 heavy (non-hydrogen) atoms. The van der Waals surface area contributed by atoms with Gasteiger partial charge in [0.25, 0.3) is 5.56 Å². The molecule has 0 spiro atoms. The molecule has 8 heteroatoms. The summed E-state index contributed by atoms with van der Waals surface area (Å²) in [5, 5.41) is 4.28. The summed E-state index contributed by atoms with van der Waals surface area (Å²) in [7, 11) is 0. The van der Waals surface area contributed by atoms with Gasteiger partial charge < -0.3 is 9.88 Å². The minimum Gasteiger partial charge on any atom is -0.354 e. The maximum absolute atomic E-state index is 11.8. The van der Waals surface area contributed by atoms with Crippen molar-refractivity contribution in [3.8, 4) is 0 Å². The quantitative estimate of drug-likeness (QED) is 0.750. The number of H-pyrrole nitrogens is 1. The normalized spacial score (nSPS) is 15.2. The zero-order valence-corrected chi connectivity index (χ0v) is 12.1. The van der Waals surface area contributed by atoms with Crippen LogP contribution >= 0.6 is 0 Å². The topological polar surface area (TPSA) is 92.6 Å². The Morgan fingerprint density at radius 3 is 3.00 bits per heavy atom. The Hall–Kier alpha value is -2.77. The molecular weight excluding hydrogens is 282 g/mol. The van der Waals surface area contributed by atoms with Crippen LogP contribution in [0.25, 0.3) is 11.2 Å². The molecule has 4 rings (SSSR count). The van der Waals surface area contributed by atoms with Gasteiger partial charge in [-0.15, -0.1) is 0 Å². The molecule has 0 unspecified atom stereocenters. The number of aromatic amines is 1. The van der Waals surface area contributed by atoms with Gasteiger partial charge in [-0.3, -0.25) is 4.79 Å². The average molecular weight is 297 g/mol. The van der Waals surface area contributed by atoms with E-state index in [1.165, 1.54) is 6.33 Å². The van der Waals surface area contributed by atoms with Crippen LogP contribution in [0.2, 0.25) is 0 Å². The summed E-state index contributed by atoms with van der Waals surface area (Å²) < 4.78 is 1.54. The first-order valence-electron chi connectivity index (χ1n) is 7.14. The Morgan fingerprint density at radius 1 is 1.27 bits per heavy atom. The molecule has 4 heterocycles. The van der Waals surface area contributed by atoms with Crippen molar-refractivity contribution in [2.75, 3.05) is 18.0 Å². The smallest absolute Gasteiger partial charge is 0.266 e. The van der Waals surface area contributed by atoms with Gasteiger partial charge >= 0.3 is 0 Å². The number of nitrogens with one attached hydrogen (secondary N) is 1. The fourth-order valence-electron chi connectivity index (χ4n) is 2.78. The van der Waals surface area contributed by atoms with Crippen molar-refractivity contribution in [1.29, 1.82) is 0 Å². The van der Waals surface area contributed by atoms with Crippen LogP contribution in [0.15, 0.2) is 29.6 Å². The zero-order valence-electron chi connectivity index (χ0n) is 12.1. The highest BCUT2D eigenvalue weighted by atomic mass is 16.1. The molecule has 1 aliphatic heterocycles. The van der Waals surface area contributed by atoms with Crippen LogP contribution in [0.1, 0.15) is 5.69 Å². The summed E-state index contributed by atoms with van der Waals surface area (Å²) in [4.78, 5) is 29.6. The lowest BCUT2D eigenvalue weighted by atomic mass is 10.0. The third kappa shape index (κ3) is 2.12. The van der Waals surface area contributed by atoms with Crippen LogP contribution in [0.3, 0.4) is 0 Å². The molecule has 0 atom stereocenters. The Labute approximate surface area is 125 Å². The zero-order chi connectivity index (χ0) is 15.1. The highest BCUT2D eigenvalue weighted by Crippen LogP contribution is 2.27. The summed E-state index contributed by atoms with van der Waals surface area (Å²) in [6.45, 7) is 4.20. The summed E-state index contributed by atoms with van der Waals surface area (Å²) in [5.74, 6) is 1.25. The summed E-state index contributed by atoms with van der Waals surface area (Å²) >= 11 is 0. The first-order chi connectivity index (χ1) is 10.7. The monoisotopic (exact) mass is 297 g/mol. The lowest BCUT2D eigenvalue weighted by Gasteiger charge is -2.40. The number of hydrogen-bond acceptors (Lipinski definition) is 6. The van der Waals surface area contributed by atoms with Gasteiger partial charge in [-0.1, -0.05) is 0 Å². The molecule has 0 aliphatic carbocycles. The van der Waals surface area contributed by atoms with Crippen LogP contribution in [-0.2, 0) is 6.54 Å². The number of fused-ring (bicyclic) bond motifs is 1. The van der Waals surface area contributed by atoms with Crippen LogP contribution < -0.4 is 10.5 Å². The first kappa shape index (κ1) is 12.9. The van der Waals surface area contributed by atoms with Gasteiger partial charge in [0.05, 0.1) is 18.6 Å². The molecule has 1 saturated heterocycles. The van der Waals surface area contributed by atoms with Gasteiger partial charge in [0, 0.05) is 25.1 Å². The molecule has 8 nitrogen and oxygen atoms in total. The summed E-state index contributed by atoms with van der Waals surface area (Å²) in [6, 6.07) is 3.30. The second-order valence-corrected chi connectivity index (χ2v) is 5.56. The number of rotatable bonds is 3. The van der Waals surface area contributed by atoms with Gasteiger partial charge in [-0.25, -0.2) is 19.6 Å². The van der Waals surface area contributed by atoms with Crippen molar-refractivity contribution in [1.82, 2.24) is 29.7 Å². The second-order valence-electron chi connectivity index (χ2n) is 5.56. The van der Waals surface area contributed by atoms with Gasteiger partial charge in [0.15, 0.2) is 11.5 Å². The highest BCUT2D eigenvalue weighted by Gasteiger charge is 2.30. The maximum atomic E-state index is 11.8. The lowest BCUT2D eigenvalue weighted by Crippen LogP contribution is -2.50. The standard InChI is InChI=1S/C14H15N7O/c1-9-2-3-11(22)21(19-9)6-10-4-20(5-10)14-12-13(16-7-15-12)17-8-18-14/h2-3,7-8,10H,4-6H2,1H3,(H,15,16,17,18). The molecular formula is C14H15N7O. The molecule has 3 aromatic heterocycles. The summed E-state index contributed by atoms with van der Waals surface area (Å²) in [6.07, 6.45) is 3.15. The number of nitrogens with zero attached hydrogens (tertiary/aromatic N) is 6. The third-order valence-electron chi connectivity index (χ3n) is 3.89. The van der Waals surface area contributed by atoms with Crippen LogP contribution in [0.5, 0.6) is 0 Å². The van der Waals surface area contributed by atoms with Gasteiger partial charge in [0.2, 0.25) is 0 Å². The van der Waals surface area contributed by atoms with Crippen molar-refractivity contribution in [3.63, 3.8) is 0 Å². The molecule has 0 bridgehead atoms. The molecule has 1 N–H and O–H groups in total. The van der Waals surface area contributed by atoms with E-state index in [9.17, 15) is 4.79 Å². The predicted molar refractivity (Wildman–Crippen MR) is 80.6 cm³/mol. The predicted octanol–water partition coefficient (Wildman–Crippen LogP) is 0.354. The van der Waals surface area contributed by atoms with Crippen LogP contribution in [-0.4, -0.2) is 42.8 Å².